The SMILES string of the molecule is CC(C)OP(=O)([O-])OCCOCCOCCOP(=O)(O)OCC(CO)CCCCNC(=O)C(C)C. The van der Waals surface area contributed by atoms with Crippen LogP contribution in [0.4, 0.5) is 0 Å². The van der Waals surface area contributed by atoms with E-state index >= 15 is 0 Å². The number of unbranched alkanes of at least 4 members (excludes halogenated alkanes) is 1. The van der Waals surface area contributed by atoms with Gasteiger partial charge in [0.15, 0.2) is 0 Å². The molecule has 0 aromatic rings. The second kappa shape index (κ2) is 19.7. The number of phosphoric acid groups is 2. The smallest absolute Gasteiger partial charge is 0.472 e. The standard InChI is InChI=1S/C20H43NO12P2/c1-17(2)20(23)21-8-6-5-7-19(15-22)16-32-34(24,25)30-13-11-28-9-10-29-12-14-31-35(26,27)33-18(3)4/h17-19,22H,5-16H2,1-4H3,(H,21,23)(H,24,25)(H,26,27)/p-1. The third-order valence-corrected chi connectivity index (χ3v) is 6.43. The highest BCUT2D eigenvalue weighted by Gasteiger charge is 2.23. The van der Waals surface area contributed by atoms with Crippen molar-refractivity contribution in [3.8, 4) is 0 Å². The minimum Gasteiger partial charge on any atom is -0.756 e. The molecule has 3 atom stereocenters. The van der Waals surface area contributed by atoms with Crippen molar-refractivity contribution < 1.29 is 56.4 Å². The molecule has 3 unspecified atom stereocenters. The summed E-state index contributed by atoms with van der Waals surface area (Å²) in [4.78, 5) is 32.6. The van der Waals surface area contributed by atoms with Crippen LogP contribution in [0, 0.1) is 11.8 Å². The van der Waals surface area contributed by atoms with Gasteiger partial charge in [-0.15, -0.1) is 0 Å². The summed E-state index contributed by atoms with van der Waals surface area (Å²) in [6, 6.07) is 0. The number of aliphatic hydroxyl groups is 1. The Kier molecular flexibility index (Phi) is 19.4. The van der Waals surface area contributed by atoms with E-state index in [9.17, 15) is 28.8 Å². The van der Waals surface area contributed by atoms with Gasteiger partial charge in [-0.05, 0) is 26.7 Å². The molecule has 0 aliphatic carbocycles. The largest absolute Gasteiger partial charge is 0.756 e. The van der Waals surface area contributed by atoms with Gasteiger partial charge in [0, 0.05) is 25.0 Å². The van der Waals surface area contributed by atoms with Gasteiger partial charge in [0.25, 0.3) is 7.82 Å². The number of nitrogens with one attached hydrogen (secondary N) is 1. The molecule has 0 aliphatic rings. The van der Waals surface area contributed by atoms with Crippen LogP contribution in [0.1, 0.15) is 47.0 Å². The first kappa shape index (κ1) is 34.6. The van der Waals surface area contributed by atoms with Gasteiger partial charge in [0.1, 0.15) is 0 Å². The van der Waals surface area contributed by atoms with Crippen LogP contribution >= 0.6 is 15.6 Å². The number of amides is 1. The first-order valence-corrected chi connectivity index (χ1v) is 14.6. The third-order valence-electron chi connectivity index (χ3n) is 4.27. The molecule has 0 bridgehead atoms. The molecule has 3 N–H and O–H groups in total. The average molecular weight is 550 g/mol. The summed E-state index contributed by atoms with van der Waals surface area (Å²) >= 11 is 0. The summed E-state index contributed by atoms with van der Waals surface area (Å²) in [5.41, 5.74) is 0. The minimum absolute atomic E-state index is 0.0112. The maximum absolute atomic E-state index is 11.9. The molecule has 210 valence electrons. The number of rotatable bonds is 23. The van der Waals surface area contributed by atoms with E-state index in [0.717, 1.165) is 6.42 Å². The Hall–Kier alpha value is -0.430. The fourth-order valence-electron chi connectivity index (χ4n) is 2.47. The number of ether oxygens (including phenoxy) is 2. The monoisotopic (exact) mass is 550 g/mol. The summed E-state index contributed by atoms with van der Waals surface area (Å²) in [5.74, 6) is -0.420. The lowest BCUT2D eigenvalue weighted by Crippen LogP contribution is -2.28. The zero-order valence-corrected chi connectivity index (χ0v) is 22.9. The Balaban J connectivity index is 3.78. The fourth-order valence-corrected chi connectivity index (χ4v) is 4.12. The molecule has 0 spiro atoms. The zero-order chi connectivity index (χ0) is 26.7. The molecule has 0 saturated heterocycles. The molecule has 13 nitrogen and oxygen atoms in total. The molecular formula is C20H42NO12P2-. The molecule has 35 heavy (non-hydrogen) atoms. The van der Waals surface area contributed by atoms with Crippen molar-refractivity contribution in [2.24, 2.45) is 11.8 Å². The number of aliphatic hydroxyl groups excluding tert-OH is 1. The number of phosphoric ester groups is 2. The molecule has 15 heteroatoms. The highest BCUT2D eigenvalue weighted by Crippen LogP contribution is 2.43. The normalized spacial score (nSPS) is 16.3. The summed E-state index contributed by atoms with van der Waals surface area (Å²) in [6.45, 7) is 6.91. The van der Waals surface area contributed by atoms with Crippen molar-refractivity contribution in [3.63, 3.8) is 0 Å². The van der Waals surface area contributed by atoms with E-state index in [1.165, 1.54) is 0 Å². The molecule has 0 saturated carbocycles. The molecule has 0 aliphatic heterocycles. The van der Waals surface area contributed by atoms with E-state index in [1.54, 1.807) is 13.8 Å². The number of carbonyl (C=O) groups excluding carboxylic acids is 1. The van der Waals surface area contributed by atoms with Crippen LogP contribution in [0.2, 0.25) is 0 Å². The maximum atomic E-state index is 11.9. The highest BCUT2D eigenvalue weighted by atomic mass is 31.2. The highest BCUT2D eigenvalue weighted by molar-refractivity contribution is 7.47. The molecular weight excluding hydrogens is 508 g/mol. The van der Waals surface area contributed by atoms with Crippen molar-refractivity contribution in [3.05, 3.63) is 0 Å². The Morgan fingerprint density at radius 3 is 2.03 bits per heavy atom. The van der Waals surface area contributed by atoms with Crippen LogP contribution in [-0.2, 0) is 41.5 Å². The first-order valence-electron chi connectivity index (χ1n) is 11.7. The van der Waals surface area contributed by atoms with Crippen molar-refractivity contribution in [1.29, 1.82) is 0 Å². The lowest BCUT2D eigenvalue weighted by atomic mass is 10.0. The zero-order valence-electron chi connectivity index (χ0n) is 21.1. The quantitative estimate of drug-likeness (QED) is 0.124. The Labute approximate surface area is 208 Å². The van der Waals surface area contributed by atoms with Crippen molar-refractivity contribution in [2.45, 2.75) is 53.1 Å². The molecule has 0 heterocycles. The van der Waals surface area contributed by atoms with Crippen molar-refractivity contribution >= 4 is 21.6 Å². The second-order valence-electron chi connectivity index (χ2n) is 8.25. The number of hydrogen-bond donors (Lipinski definition) is 3. The molecule has 1 amide bonds. The van der Waals surface area contributed by atoms with Gasteiger partial charge in [0.2, 0.25) is 5.91 Å². The van der Waals surface area contributed by atoms with Gasteiger partial charge in [-0.3, -0.25) is 18.4 Å². The van der Waals surface area contributed by atoms with Crippen molar-refractivity contribution in [1.82, 2.24) is 5.32 Å². The molecule has 0 aromatic heterocycles. The Morgan fingerprint density at radius 2 is 1.49 bits per heavy atom. The van der Waals surface area contributed by atoms with E-state index in [-0.39, 0.29) is 70.6 Å². The summed E-state index contributed by atoms with van der Waals surface area (Å²) in [5, 5.41) is 12.2. The number of hydrogen-bond acceptors (Lipinski definition) is 11. The van der Waals surface area contributed by atoms with E-state index in [1.807, 2.05) is 13.8 Å². The van der Waals surface area contributed by atoms with Crippen LogP contribution < -0.4 is 10.2 Å². The van der Waals surface area contributed by atoms with Crippen LogP contribution in [0.15, 0.2) is 0 Å². The van der Waals surface area contributed by atoms with Crippen LogP contribution in [0.5, 0.6) is 0 Å². The summed E-state index contributed by atoms with van der Waals surface area (Å²) < 4.78 is 52.6. The van der Waals surface area contributed by atoms with Gasteiger partial charge in [-0.2, -0.15) is 0 Å². The molecule has 0 rings (SSSR count). The van der Waals surface area contributed by atoms with Gasteiger partial charge < -0.3 is 38.7 Å². The van der Waals surface area contributed by atoms with E-state index in [2.05, 4.69) is 14.4 Å². The van der Waals surface area contributed by atoms with E-state index < -0.39 is 21.7 Å². The average Bonchev–Trinajstić information content (AvgIpc) is 2.75. The summed E-state index contributed by atoms with van der Waals surface area (Å²) in [6.07, 6.45) is 1.50. The van der Waals surface area contributed by atoms with Crippen LogP contribution in [0.3, 0.4) is 0 Å². The third kappa shape index (κ3) is 21.4. The Morgan fingerprint density at radius 1 is 0.914 bits per heavy atom. The van der Waals surface area contributed by atoms with E-state index in [0.29, 0.717) is 19.4 Å². The topological polar surface area (TPSA) is 182 Å². The van der Waals surface area contributed by atoms with Crippen LogP contribution in [0.25, 0.3) is 0 Å². The molecule has 0 aromatic carbocycles. The van der Waals surface area contributed by atoms with Crippen LogP contribution in [-0.4, -0.2) is 81.4 Å². The van der Waals surface area contributed by atoms with Gasteiger partial charge >= 0.3 is 7.82 Å². The first-order chi connectivity index (χ1) is 16.4. The van der Waals surface area contributed by atoms with Crippen molar-refractivity contribution in [2.75, 3.05) is 59.4 Å². The Bertz CT molecular complexity index is 650. The predicted octanol–water partition coefficient (Wildman–Crippen LogP) is 1.61. The van der Waals surface area contributed by atoms with Gasteiger partial charge in [-0.1, -0.05) is 20.3 Å². The van der Waals surface area contributed by atoms with Gasteiger partial charge in [-0.25, -0.2) is 4.57 Å². The predicted molar refractivity (Wildman–Crippen MR) is 125 cm³/mol. The van der Waals surface area contributed by atoms with E-state index in [4.69, 9.17) is 18.5 Å². The molecule has 0 fully saturated rings. The lowest BCUT2D eigenvalue weighted by Gasteiger charge is -2.24. The van der Waals surface area contributed by atoms with Gasteiger partial charge in [0.05, 0.1) is 52.4 Å². The minimum atomic E-state index is -4.33. The lowest BCUT2D eigenvalue weighted by molar-refractivity contribution is -0.229. The second-order valence-corrected chi connectivity index (χ2v) is 11.1. The molecule has 0 radical (unpaired) electrons. The fraction of sp³-hybridized carbons (Fsp3) is 0.950. The summed E-state index contributed by atoms with van der Waals surface area (Å²) in [7, 11) is -8.62. The maximum Gasteiger partial charge on any atom is 0.472 e. The number of carbonyl (C=O) groups is 1.